The minimum absolute atomic E-state index is 0.346. The molecule has 2 nitrogen and oxygen atoms in total. The Morgan fingerprint density at radius 1 is 1.17 bits per heavy atom. The van der Waals surface area contributed by atoms with E-state index in [0.29, 0.717) is 18.7 Å². The van der Waals surface area contributed by atoms with Crippen molar-refractivity contribution in [2.45, 2.75) is 32.7 Å². The Kier molecular flexibility index (Phi) is 7.53. The van der Waals surface area contributed by atoms with Crippen molar-refractivity contribution < 1.29 is 13.5 Å². The smallest absolute Gasteiger partial charge is 0.127 e. The number of benzene rings is 1. The number of hydrogen-bond acceptors (Lipinski definition) is 2. The van der Waals surface area contributed by atoms with Crippen LogP contribution in [0.5, 0.6) is 0 Å². The molecular formula is C14H21F2NO. The fourth-order valence-corrected chi connectivity index (χ4v) is 1.55. The number of ether oxygens (including phenoxy) is 1. The van der Waals surface area contributed by atoms with Crippen molar-refractivity contribution in [1.29, 1.82) is 0 Å². The van der Waals surface area contributed by atoms with E-state index in [-0.39, 0.29) is 5.82 Å². The first-order valence-electron chi connectivity index (χ1n) is 6.46. The maximum Gasteiger partial charge on any atom is 0.127 e. The zero-order valence-electron chi connectivity index (χ0n) is 10.8. The van der Waals surface area contributed by atoms with E-state index < -0.39 is 5.82 Å². The van der Waals surface area contributed by atoms with Crippen LogP contribution in [-0.2, 0) is 11.3 Å². The van der Waals surface area contributed by atoms with Gasteiger partial charge in [-0.25, -0.2) is 8.78 Å². The highest BCUT2D eigenvalue weighted by atomic mass is 19.1. The standard InChI is InChI=1S/C14H21F2NO/c1-2-3-8-18-9-4-7-17-11-12-10-13(15)5-6-14(12)16/h5-6,10,17H,2-4,7-9,11H2,1H3. The third-order valence-corrected chi connectivity index (χ3v) is 2.61. The third-order valence-electron chi connectivity index (χ3n) is 2.61. The zero-order valence-corrected chi connectivity index (χ0v) is 10.8. The van der Waals surface area contributed by atoms with Gasteiger partial charge >= 0.3 is 0 Å². The summed E-state index contributed by atoms with van der Waals surface area (Å²) in [6.45, 7) is 4.72. The predicted molar refractivity (Wildman–Crippen MR) is 68.4 cm³/mol. The summed E-state index contributed by atoms with van der Waals surface area (Å²) in [4.78, 5) is 0. The SMILES string of the molecule is CCCCOCCCNCc1cc(F)ccc1F. The Hall–Kier alpha value is -1.00. The summed E-state index contributed by atoms with van der Waals surface area (Å²) in [5.74, 6) is -0.779. The first-order valence-corrected chi connectivity index (χ1v) is 6.46. The quantitative estimate of drug-likeness (QED) is 0.686. The van der Waals surface area contributed by atoms with Crippen molar-refractivity contribution in [3.8, 4) is 0 Å². The topological polar surface area (TPSA) is 21.3 Å². The van der Waals surface area contributed by atoms with Gasteiger partial charge in [0.25, 0.3) is 0 Å². The summed E-state index contributed by atoms with van der Waals surface area (Å²) in [5, 5.41) is 3.07. The zero-order chi connectivity index (χ0) is 13.2. The molecule has 0 heterocycles. The average Bonchev–Trinajstić information content (AvgIpc) is 2.36. The van der Waals surface area contributed by atoms with Crippen molar-refractivity contribution in [2.75, 3.05) is 19.8 Å². The summed E-state index contributed by atoms with van der Waals surface area (Å²) in [7, 11) is 0. The van der Waals surface area contributed by atoms with Gasteiger partial charge in [-0.05, 0) is 37.6 Å². The predicted octanol–water partition coefficient (Wildman–Crippen LogP) is 3.26. The third kappa shape index (κ3) is 6.07. The second-order valence-electron chi connectivity index (χ2n) is 4.23. The summed E-state index contributed by atoms with van der Waals surface area (Å²) in [6, 6.07) is 3.50. The monoisotopic (exact) mass is 257 g/mol. The molecule has 18 heavy (non-hydrogen) atoms. The fourth-order valence-electron chi connectivity index (χ4n) is 1.55. The molecule has 102 valence electrons. The minimum atomic E-state index is -0.406. The number of halogens is 2. The van der Waals surface area contributed by atoms with Gasteiger partial charge in [0, 0.05) is 25.3 Å². The summed E-state index contributed by atoms with van der Waals surface area (Å²) < 4.78 is 31.5. The van der Waals surface area contributed by atoms with Gasteiger partial charge in [0.2, 0.25) is 0 Å². The van der Waals surface area contributed by atoms with Crippen molar-refractivity contribution in [3.05, 3.63) is 35.4 Å². The minimum Gasteiger partial charge on any atom is -0.381 e. The molecule has 0 amide bonds. The Morgan fingerprint density at radius 2 is 1.94 bits per heavy atom. The van der Waals surface area contributed by atoms with Crippen LogP contribution in [-0.4, -0.2) is 19.8 Å². The molecule has 1 N–H and O–H groups in total. The highest BCUT2D eigenvalue weighted by Gasteiger charge is 2.02. The summed E-state index contributed by atoms with van der Waals surface area (Å²) in [6.07, 6.45) is 3.10. The molecule has 0 atom stereocenters. The molecular weight excluding hydrogens is 236 g/mol. The maximum absolute atomic E-state index is 13.3. The molecule has 0 aromatic heterocycles. The molecule has 0 fully saturated rings. The van der Waals surface area contributed by atoms with Gasteiger partial charge in [-0.2, -0.15) is 0 Å². The summed E-state index contributed by atoms with van der Waals surface area (Å²) in [5.41, 5.74) is 0.363. The van der Waals surface area contributed by atoms with E-state index in [1.54, 1.807) is 0 Å². The molecule has 0 bridgehead atoms. The van der Waals surface area contributed by atoms with Gasteiger partial charge in [-0.15, -0.1) is 0 Å². The van der Waals surface area contributed by atoms with Crippen molar-refractivity contribution >= 4 is 0 Å². The van der Waals surface area contributed by atoms with Crippen molar-refractivity contribution in [2.24, 2.45) is 0 Å². The molecule has 0 saturated heterocycles. The van der Waals surface area contributed by atoms with Crippen LogP contribution in [0.15, 0.2) is 18.2 Å². The van der Waals surface area contributed by atoms with Gasteiger partial charge in [0.15, 0.2) is 0 Å². The molecule has 1 aromatic rings. The molecule has 0 radical (unpaired) electrons. The van der Waals surface area contributed by atoms with Crippen LogP contribution >= 0.6 is 0 Å². The molecule has 1 aromatic carbocycles. The number of unbranched alkanes of at least 4 members (excludes halogenated alkanes) is 1. The highest BCUT2D eigenvalue weighted by Crippen LogP contribution is 2.08. The lowest BCUT2D eigenvalue weighted by Gasteiger charge is -2.07. The molecule has 0 aliphatic carbocycles. The van der Waals surface area contributed by atoms with Crippen LogP contribution in [0.1, 0.15) is 31.7 Å². The summed E-state index contributed by atoms with van der Waals surface area (Å²) >= 11 is 0. The Bertz CT molecular complexity index is 345. The van der Waals surface area contributed by atoms with Crippen molar-refractivity contribution in [1.82, 2.24) is 5.32 Å². The fraction of sp³-hybridized carbons (Fsp3) is 0.571. The Morgan fingerprint density at radius 3 is 2.72 bits per heavy atom. The average molecular weight is 257 g/mol. The molecule has 0 spiro atoms. The maximum atomic E-state index is 13.3. The second-order valence-corrected chi connectivity index (χ2v) is 4.23. The lowest BCUT2D eigenvalue weighted by atomic mass is 10.2. The normalized spacial score (nSPS) is 10.8. The highest BCUT2D eigenvalue weighted by molar-refractivity contribution is 5.18. The van der Waals surface area contributed by atoms with Gasteiger partial charge in [0.1, 0.15) is 11.6 Å². The number of hydrogen-bond donors (Lipinski definition) is 1. The van der Waals surface area contributed by atoms with E-state index in [2.05, 4.69) is 12.2 Å². The Balaban J connectivity index is 2.09. The van der Waals surface area contributed by atoms with Crippen LogP contribution in [0.25, 0.3) is 0 Å². The molecule has 4 heteroatoms. The van der Waals surface area contributed by atoms with E-state index in [4.69, 9.17) is 4.74 Å². The number of rotatable bonds is 9. The van der Waals surface area contributed by atoms with Gasteiger partial charge in [-0.3, -0.25) is 0 Å². The largest absolute Gasteiger partial charge is 0.381 e. The van der Waals surface area contributed by atoms with Crippen LogP contribution < -0.4 is 5.32 Å². The lowest BCUT2D eigenvalue weighted by molar-refractivity contribution is 0.128. The molecule has 1 rings (SSSR count). The van der Waals surface area contributed by atoms with E-state index in [0.717, 1.165) is 44.5 Å². The molecule has 0 aliphatic heterocycles. The van der Waals surface area contributed by atoms with Gasteiger partial charge < -0.3 is 10.1 Å². The van der Waals surface area contributed by atoms with Crippen LogP contribution in [0, 0.1) is 11.6 Å². The second kappa shape index (κ2) is 9.00. The van der Waals surface area contributed by atoms with Crippen LogP contribution in [0.3, 0.4) is 0 Å². The van der Waals surface area contributed by atoms with E-state index >= 15 is 0 Å². The van der Waals surface area contributed by atoms with Crippen molar-refractivity contribution in [3.63, 3.8) is 0 Å². The van der Waals surface area contributed by atoms with Crippen LogP contribution in [0.4, 0.5) is 8.78 Å². The van der Waals surface area contributed by atoms with E-state index in [9.17, 15) is 8.78 Å². The number of nitrogens with one attached hydrogen (secondary N) is 1. The Labute approximate surface area is 107 Å². The van der Waals surface area contributed by atoms with E-state index in [1.807, 2.05) is 0 Å². The lowest BCUT2D eigenvalue weighted by Crippen LogP contribution is -2.17. The molecule has 0 unspecified atom stereocenters. The molecule has 0 saturated carbocycles. The van der Waals surface area contributed by atoms with Gasteiger partial charge in [0.05, 0.1) is 0 Å². The van der Waals surface area contributed by atoms with Crippen LogP contribution in [0.2, 0.25) is 0 Å². The first kappa shape index (κ1) is 15.1. The van der Waals surface area contributed by atoms with Gasteiger partial charge in [-0.1, -0.05) is 13.3 Å². The first-order chi connectivity index (χ1) is 8.74. The van der Waals surface area contributed by atoms with E-state index in [1.165, 1.54) is 6.07 Å². The molecule has 0 aliphatic rings.